The molecule has 0 unspecified atom stereocenters. The van der Waals surface area contributed by atoms with Gasteiger partial charge in [0.2, 0.25) is 5.75 Å². The lowest BCUT2D eigenvalue weighted by atomic mass is 9.91. The number of amides is 2. The van der Waals surface area contributed by atoms with E-state index < -0.39 is 0 Å². The van der Waals surface area contributed by atoms with Crippen LogP contribution in [0, 0.1) is 0 Å². The van der Waals surface area contributed by atoms with Gasteiger partial charge in [-0.1, -0.05) is 60.7 Å². The summed E-state index contributed by atoms with van der Waals surface area (Å²) in [5.41, 5.74) is 3.17. The predicted molar refractivity (Wildman–Crippen MR) is 163 cm³/mol. The van der Waals surface area contributed by atoms with E-state index in [0.717, 1.165) is 29.0 Å². The fraction of sp³-hybridized carbons (Fsp3) is 0.303. The Bertz CT molecular complexity index is 1460. The SMILES string of the molecule is COc1ccc(C(=O)N2CCC(c3nc(C(=O)NCC(c4ccccc4)c4ccccc4)cs3)CC2)c(OC)c1OC. The van der Waals surface area contributed by atoms with Gasteiger partial charge in [0, 0.05) is 36.9 Å². The van der Waals surface area contributed by atoms with Gasteiger partial charge < -0.3 is 24.4 Å². The summed E-state index contributed by atoms with van der Waals surface area (Å²) >= 11 is 1.51. The highest BCUT2D eigenvalue weighted by Crippen LogP contribution is 2.41. The van der Waals surface area contributed by atoms with Crippen LogP contribution in [0.2, 0.25) is 0 Å². The smallest absolute Gasteiger partial charge is 0.270 e. The quantitative estimate of drug-likeness (QED) is 0.255. The van der Waals surface area contributed by atoms with Crippen molar-refractivity contribution < 1.29 is 23.8 Å². The third-order valence-electron chi connectivity index (χ3n) is 7.69. The molecule has 2 amide bonds. The van der Waals surface area contributed by atoms with Crippen LogP contribution in [0.3, 0.4) is 0 Å². The van der Waals surface area contributed by atoms with Crippen LogP contribution in [0.25, 0.3) is 0 Å². The number of nitrogens with zero attached hydrogens (tertiary/aromatic N) is 2. The number of rotatable bonds is 10. The van der Waals surface area contributed by atoms with Crippen molar-refractivity contribution in [2.24, 2.45) is 0 Å². The van der Waals surface area contributed by atoms with Crippen molar-refractivity contribution in [3.05, 3.63) is 106 Å². The van der Waals surface area contributed by atoms with Crippen LogP contribution in [0.15, 0.2) is 78.2 Å². The number of aromatic nitrogens is 1. The summed E-state index contributed by atoms with van der Waals surface area (Å²) in [6.07, 6.45) is 1.53. The number of carbonyl (C=O) groups is 2. The molecule has 3 aromatic carbocycles. The van der Waals surface area contributed by atoms with E-state index in [0.29, 0.717) is 48.1 Å². The second kappa shape index (κ2) is 13.5. The predicted octanol–water partition coefficient (Wildman–Crippen LogP) is 5.75. The first-order valence-electron chi connectivity index (χ1n) is 14.0. The molecule has 5 rings (SSSR count). The summed E-state index contributed by atoms with van der Waals surface area (Å²) in [5, 5.41) is 5.86. The highest BCUT2D eigenvalue weighted by atomic mass is 32.1. The molecule has 0 spiro atoms. The fourth-order valence-electron chi connectivity index (χ4n) is 5.43. The third-order valence-corrected chi connectivity index (χ3v) is 8.70. The summed E-state index contributed by atoms with van der Waals surface area (Å²) in [4.78, 5) is 33.0. The molecule has 1 fully saturated rings. The first-order chi connectivity index (χ1) is 20.5. The Hall–Kier alpha value is -4.37. The lowest BCUT2D eigenvalue weighted by molar-refractivity contribution is 0.0708. The number of carbonyl (C=O) groups excluding carboxylic acids is 2. The minimum Gasteiger partial charge on any atom is -0.493 e. The average molecular weight is 586 g/mol. The molecule has 0 bridgehead atoms. The zero-order chi connectivity index (χ0) is 29.5. The van der Waals surface area contributed by atoms with Gasteiger partial charge in [-0.2, -0.15) is 0 Å². The van der Waals surface area contributed by atoms with Gasteiger partial charge in [0.05, 0.1) is 31.9 Å². The average Bonchev–Trinajstić information content (AvgIpc) is 3.55. The van der Waals surface area contributed by atoms with Gasteiger partial charge in [0.1, 0.15) is 5.69 Å². The Morgan fingerprint density at radius 2 is 1.50 bits per heavy atom. The van der Waals surface area contributed by atoms with Crippen molar-refractivity contribution in [2.45, 2.75) is 24.7 Å². The van der Waals surface area contributed by atoms with Crippen molar-refractivity contribution in [3.8, 4) is 17.2 Å². The molecule has 0 atom stereocenters. The minimum absolute atomic E-state index is 0.0422. The molecule has 42 heavy (non-hydrogen) atoms. The standard InChI is InChI=1S/C33H35N3O5S/c1-39-28-15-14-25(29(40-2)30(28)41-3)33(38)36-18-16-24(17-19-36)32-35-27(21-42-32)31(37)34-20-26(22-10-6-4-7-11-22)23-12-8-5-9-13-23/h4-15,21,24,26H,16-20H2,1-3H3,(H,34,37). The maximum absolute atomic E-state index is 13.4. The van der Waals surface area contributed by atoms with Crippen molar-refractivity contribution in [3.63, 3.8) is 0 Å². The summed E-state index contributed by atoms with van der Waals surface area (Å²) in [6, 6.07) is 23.8. The topological polar surface area (TPSA) is 90.0 Å². The van der Waals surface area contributed by atoms with E-state index in [9.17, 15) is 9.59 Å². The van der Waals surface area contributed by atoms with Crippen LogP contribution in [-0.2, 0) is 0 Å². The highest BCUT2D eigenvalue weighted by molar-refractivity contribution is 7.09. The first-order valence-corrected chi connectivity index (χ1v) is 14.8. The van der Waals surface area contributed by atoms with Crippen molar-refractivity contribution in [1.82, 2.24) is 15.2 Å². The van der Waals surface area contributed by atoms with Gasteiger partial charge in [-0.15, -0.1) is 11.3 Å². The normalized spacial score (nSPS) is 13.6. The van der Waals surface area contributed by atoms with E-state index in [-0.39, 0.29) is 23.7 Å². The first kappa shape index (κ1) is 29.1. The zero-order valence-corrected chi connectivity index (χ0v) is 24.9. The summed E-state index contributed by atoms with van der Waals surface area (Å²) in [6.45, 7) is 1.63. The molecule has 1 saturated heterocycles. The maximum Gasteiger partial charge on any atom is 0.270 e. The van der Waals surface area contributed by atoms with Crippen LogP contribution < -0.4 is 19.5 Å². The lowest BCUT2D eigenvalue weighted by Crippen LogP contribution is -2.38. The van der Waals surface area contributed by atoms with Crippen molar-refractivity contribution in [2.75, 3.05) is 41.0 Å². The fourth-order valence-corrected chi connectivity index (χ4v) is 6.40. The summed E-state index contributed by atoms with van der Waals surface area (Å²) < 4.78 is 16.3. The second-order valence-electron chi connectivity index (χ2n) is 10.1. The van der Waals surface area contributed by atoms with E-state index in [4.69, 9.17) is 19.2 Å². The molecule has 1 aromatic heterocycles. The molecule has 0 saturated carbocycles. The summed E-state index contributed by atoms with van der Waals surface area (Å²) in [7, 11) is 4.58. The van der Waals surface area contributed by atoms with Crippen LogP contribution in [0.4, 0.5) is 0 Å². The van der Waals surface area contributed by atoms with Crippen LogP contribution in [0.1, 0.15) is 61.7 Å². The van der Waals surface area contributed by atoms with Crippen molar-refractivity contribution in [1.29, 1.82) is 0 Å². The molecule has 1 aliphatic rings. The van der Waals surface area contributed by atoms with Gasteiger partial charge in [-0.3, -0.25) is 9.59 Å². The molecule has 1 N–H and O–H groups in total. The number of nitrogens with one attached hydrogen (secondary N) is 1. The number of likely N-dealkylation sites (tertiary alicyclic amines) is 1. The van der Waals surface area contributed by atoms with Gasteiger partial charge in [0.15, 0.2) is 11.5 Å². The van der Waals surface area contributed by atoms with Crippen LogP contribution >= 0.6 is 11.3 Å². The van der Waals surface area contributed by atoms with E-state index in [1.165, 1.54) is 25.6 Å². The molecule has 0 radical (unpaired) electrons. The van der Waals surface area contributed by atoms with E-state index in [2.05, 4.69) is 29.6 Å². The molecular formula is C33H35N3O5S. The van der Waals surface area contributed by atoms with Gasteiger partial charge in [0.25, 0.3) is 11.8 Å². The lowest BCUT2D eigenvalue weighted by Gasteiger charge is -2.31. The Balaban J connectivity index is 1.20. The molecule has 0 aliphatic carbocycles. The Morgan fingerprint density at radius 1 is 0.881 bits per heavy atom. The third kappa shape index (κ3) is 6.26. The molecule has 8 nitrogen and oxygen atoms in total. The number of piperidine rings is 1. The molecule has 218 valence electrons. The number of methoxy groups -OCH3 is 3. The minimum atomic E-state index is -0.178. The Kier molecular flexibility index (Phi) is 9.38. The van der Waals surface area contributed by atoms with Crippen LogP contribution in [-0.4, -0.2) is 62.7 Å². The largest absolute Gasteiger partial charge is 0.493 e. The number of thiazole rings is 1. The zero-order valence-electron chi connectivity index (χ0n) is 24.0. The summed E-state index contributed by atoms with van der Waals surface area (Å²) in [5.74, 6) is 1.20. The molecule has 4 aromatic rings. The maximum atomic E-state index is 13.4. The number of hydrogen-bond donors (Lipinski definition) is 1. The molecule has 2 heterocycles. The molecule has 9 heteroatoms. The number of benzene rings is 3. The van der Waals surface area contributed by atoms with Crippen molar-refractivity contribution >= 4 is 23.2 Å². The number of ether oxygens (including phenoxy) is 3. The van der Waals surface area contributed by atoms with E-state index in [1.54, 1.807) is 19.2 Å². The van der Waals surface area contributed by atoms with Crippen LogP contribution in [0.5, 0.6) is 17.2 Å². The molecular weight excluding hydrogens is 550 g/mol. The Labute approximate surface area is 250 Å². The van der Waals surface area contributed by atoms with Gasteiger partial charge in [-0.25, -0.2) is 4.98 Å². The Morgan fingerprint density at radius 3 is 2.07 bits per heavy atom. The van der Waals surface area contributed by atoms with Gasteiger partial charge >= 0.3 is 0 Å². The second-order valence-corrected chi connectivity index (χ2v) is 11.0. The monoisotopic (exact) mass is 585 g/mol. The van der Waals surface area contributed by atoms with E-state index >= 15 is 0 Å². The van der Waals surface area contributed by atoms with Gasteiger partial charge in [-0.05, 0) is 36.1 Å². The molecule has 1 aliphatic heterocycles. The number of hydrogen-bond acceptors (Lipinski definition) is 7. The highest BCUT2D eigenvalue weighted by Gasteiger charge is 2.30. The van der Waals surface area contributed by atoms with E-state index in [1.807, 2.05) is 46.7 Å².